The van der Waals surface area contributed by atoms with Gasteiger partial charge in [-0.25, -0.2) is 9.37 Å². The maximum atomic E-state index is 13.6. The highest BCUT2D eigenvalue weighted by Crippen LogP contribution is 2.27. The van der Waals surface area contributed by atoms with Gasteiger partial charge in [0.2, 0.25) is 5.91 Å². The van der Waals surface area contributed by atoms with Gasteiger partial charge in [0.05, 0.1) is 30.9 Å². The van der Waals surface area contributed by atoms with Crippen molar-refractivity contribution in [2.45, 2.75) is 25.3 Å². The van der Waals surface area contributed by atoms with Gasteiger partial charge in [-0.15, -0.1) is 0 Å². The monoisotopic (exact) mass is 367 g/mol. The third-order valence-corrected chi connectivity index (χ3v) is 5.24. The van der Waals surface area contributed by atoms with Gasteiger partial charge >= 0.3 is 0 Å². The largest absolute Gasteiger partial charge is 0.497 e. The summed E-state index contributed by atoms with van der Waals surface area (Å²) in [4.78, 5) is 18.9. The number of likely N-dealkylation sites (tertiary alicyclic amines) is 1. The van der Waals surface area contributed by atoms with Gasteiger partial charge in [0, 0.05) is 19.1 Å². The quantitative estimate of drug-likeness (QED) is 0.708. The molecular weight excluding hydrogens is 345 g/mol. The Hall–Kier alpha value is -2.89. The molecule has 0 bridgehead atoms. The van der Waals surface area contributed by atoms with E-state index in [4.69, 9.17) is 4.74 Å². The van der Waals surface area contributed by atoms with E-state index < -0.39 is 0 Å². The lowest BCUT2D eigenvalue weighted by Gasteiger charge is -2.33. The Balaban J connectivity index is 1.40. The normalized spacial score (nSPS) is 15.3. The van der Waals surface area contributed by atoms with E-state index in [1.165, 1.54) is 12.1 Å². The van der Waals surface area contributed by atoms with Gasteiger partial charge in [-0.3, -0.25) is 4.79 Å². The highest BCUT2D eigenvalue weighted by molar-refractivity contribution is 5.79. The van der Waals surface area contributed by atoms with Crippen LogP contribution in [0.25, 0.3) is 11.0 Å². The first kappa shape index (κ1) is 17.5. The van der Waals surface area contributed by atoms with Crippen molar-refractivity contribution in [3.63, 3.8) is 0 Å². The summed E-state index contributed by atoms with van der Waals surface area (Å²) >= 11 is 0. The highest BCUT2D eigenvalue weighted by atomic mass is 19.1. The molecule has 0 saturated carbocycles. The number of aromatic nitrogens is 2. The molecule has 0 spiro atoms. The van der Waals surface area contributed by atoms with Crippen LogP contribution < -0.4 is 4.74 Å². The van der Waals surface area contributed by atoms with E-state index in [0.717, 1.165) is 35.2 Å². The summed E-state index contributed by atoms with van der Waals surface area (Å²) in [6.07, 6.45) is 3.83. The molecule has 5 nitrogen and oxygen atoms in total. The first-order valence-electron chi connectivity index (χ1n) is 9.17. The summed E-state index contributed by atoms with van der Waals surface area (Å²) in [5.41, 5.74) is 2.57. The number of ether oxygens (including phenoxy) is 1. The van der Waals surface area contributed by atoms with Crippen LogP contribution in [0.1, 0.15) is 24.4 Å². The molecule has 1 aromatic heterocycles. The topological polar surface area (TPSA) is 47.4 Å². The van der Waals surface area contributed by atoms with Crippen molar-refractivity contribution in [3.05, 3.63) is 60.2 Å². The fourth-order valence-corrected chi connectivity index (χ4v) is 3.75. The third kappa shape index (κ3) is 3.65. The first-order valence-corrected chi connectivity index (χ1v) is 9.17. The predicted molar refractivity (Wildman–Crippen MR) is 101 cm³/mol. The molecule has 1 aliphatic heterocycles. The lowest BCUT2D eigenvalue weighted by molar-refractivity contribution is -0.131. The van der Waals surface area contributed by atoms with Gasteiger partial charge in [-0.2, -0.15) is 0 Å². The zero-order valence-electron chi connectivity index (χ0n) is 15.3. The summed E-state index contributed by atoms with van der Waals surface area (Å²) in [6.45, 7) is 1.39. The van der Waals surface area contributed by atoms with Crippen LogP contribution in [0.3, 0.4) is 0 Å². The van der Waals surface area contributed by atoms with Crippen LogP contribution in [0.4, 0.5) is 4.39 Å². The minimum Gasteiger partial charge on any atom is -0.497 e. The van der Waals surface area contributed by atoms with E-state index in [-0.39, 0.29) is 17.8 Å². The van der Waals surface area contributed by atoms with E-state index >= 15 is 0 Å². The fraction of sp³-hybridized carbons (Fsp3) is 0.333. The second-order valence-electron chi connectivity index (χ2n) is 6.93. The van der Waals surface area contributed by atoms with Crippen molar-refractivity contribution in [1.82, 2.24) is 14.5 Å². The molecule has 2 aromatic carbocycles. The summed E-state index contributed by atoms with van der Waals surface area (Å²) in [5, 5.41) is 0. The van der Waals surface area contributed by atoms with Crippen molar-refractivity contribution in [2.24, 2.45) is 0 Å². The number of methoxy groups -OCH3 is 1. The predicted octanol–water partition coefficient (Wildman–Crippen LogP) is 3.59. The first-order chi connectivity index (χ1) is 13.1. The van der Waals surface area contributed by atoms with Crippen molar-refractivity contribution in [1.29, 1.82) is 0 Å². The molecule has 1 saturated heterocycles. The van der Waals surface area contributed by atoms with Gasteiger partial charge < -0.3 is 14.2 Å². The molecule has 1 amide bonds. The third-order valence-electron chi connectivity index (χ3n) is 5.24. The Bertz CT molecular complexity index is 961. The number of imidazole rings is 1. The average Bonchev–Trinajstić information content (AvgIpc) is 3.11. The van der Waals surface area contributed by atoms with E-state index in [9.17, 15) is 9.18 Å². The maximum Gasteiger partial charge on any atom is 0.226 e. The van der Waals surface area contributed by atoms with Crippen molar-refractivity contribution < 1.29 is 13.9 Å². The zero-order chi connectivity index (χ0) is 18.8. The molecule has 6 heteroatoms. The molecular formula is C21H22FN3O2. The molecule has 4 rings (SSSR count). The molecule has 27 heavy (non-hydrogen) atoms. The number of nitrogens with zero attached hydrogens (tertiary/aromatic N) is 3. The number of benzene rings is 2. The maximum absolute atomic E-state index is 13.6. The van der Waals surface area contributed by atoms with Crippen LogP contribution in [0.15, 0.2) is 48.8 Å². The zero-order valence-corrected chi connectivity index (χ0v) is 15.3. The molecule has 1 aliphatic rings. The molecule has 140 valence electrons. The molecule has 0 atom stereocenters. The van der Waals surface area contributed by atoms with Crippen molar-refractivity contribution >= 4 is 16.9 Å². The van der Waals surface area contributed by atoms with Crippen LogP contribution in [0, 0.1) is 5.82 Å². The van der Waals surface area contributed by atoms with Crippen LogP contribution in [-0.2, 0) is 11.2 Å². The molecule has 0 N–H and O–H groups in total. The number of piperidine rings is 1. The van der Waals surface area contributed by atoms with Crippen LogP contribution in [0.2, 0.25) is 0 Å². The van der Waals surface area contributed by atoms with Crippen LogP contribution in [0.5, 0.6) is 5.75 Å². The summed E-state index contributed by atoms with van der Waals surface area (Å²) < 4.78 is 20.9. The summed E-state index contributed by atoms with van der Waals surface area (Å²) in [5.74, 6) is 0.636. The smallest absolute Gasteiger partial charge is 0.226 e. The van der Waals surface area contributed by atoms with Gasteiger partial charge in [-0.05, 0) is 48.7 Å². The lowest BCUT2D eigenvalue weighted by atomic mass is 10.0. The molecule has 1 fully saturated rings. The van der Waals surface area contributed by atoms with E-state index in [0.29, 0.717) is 19.5 Å². The number of fused-ring (bicyclic) bond motifs is 1. The molecule has 0 unspecified atom stereocenters. The number of carbonyl (C=O) groups is 1. The van der Waals surface area contributed by atoms with Gasteiger partial charge in [0.15, 0.2) is 0 Å². The lowest BCUT2D eigenvalue weighted by Crippen LogP contribution is -2.39. The molecule has 3 aromatic rings. The van der Waals surface area contributed by atoms with Crippen molar-refractivity contribution in [2.75, 3.05) is 20.2 Å². The summed E-state index contributed by atoms with van der Waals surface area (Å²) in [6, 6.07) is 12.5. The van der Waals surface area contributed by atoms with E-state index in [1.807, 2.05) is 33.7 Å². The Labute approximate surface area is 157 Å². The standard InChI is InChI=1S/C21H22FN3O2/c1-27-18-4-2-3-15(11-18)12-21(26)24-9-7-17(8-10-24)25-14-23-19-6-5-16(22)13-20(19)25/h2-6,11,13-14,17H,7-10,12H2,1H3. The molecule has 0 radical (unpaired) electrons. The number of hydrogen-bond acceptors (Lipinski definition) is 3. The number of amides is 1. The Kier molecular flexibility index (Phi) is 4.79. The average molecular weight is 367 g/mol. The van der Waals surface area contributed by atoms with Gasteiger partial charge in [-0.1, -0.05) is 12.1 Å². The van der Waals surface area contributed by atoms with E-state index in [2.05, 4.69) is 4.98 Å². The Morgan fingerprint density at radius 2 is 2.04 bits per heavy atom. The number of halogens is 1. The van der Waals surface area contributed by atoms with Crippen LogP contribution in [-0.4, -0.2) is 40.6 Å². The summed E-state index contributed by atoms with van der Waals surface area (Å²) in [7, 11) is 1.62. The highest BCUT2D eigenvalue weighted by Gasteiger charge is 2.25. The van der Waals surface area contributed by atoms with Gasteiger partial charge in [0.1, 0.15) is 11.6 Å². The van der Waals surface area contributed by atoms with Crippen LogP contribution >= 0.6 is 0 Å². The SMILES string of the molecule is COc1cccc(CC(=O)N2CCC(n3cnc4ccc(F)cc43)CC2)c1. The van der Waals surface area contributed by atoms with Gasteiger partial charge in [0.25, 0.3) is 0 Å². The second-order valence-corrected chi connectivity index (χ2v) is 6.93. The van der Waals surface area contributed by atoms with E-state index in [1.54, 1.807) is 19.5 Å². The second kappa shape index (κ2) is 7.39. The minimum absolute atomic E-state index is 0.128. The fourth-order valence-electron chi connectivity index (χ4n) is 3.75. The Morgan fingerprint density at radius 1 is 1.22 bits per heavy atom. The molecule has 2 heterocycles. The number of hydrogen-bond donors (Lipinski definition) is 0. The number of carbonyl (C=O) groups excluding carboxylic acids is 1. The molecule has 0 aliphatic carbocycles. The minimum atomic E-state index is -0.254. The number of rotatable bonds is 4. The van der Waals surface area contributed by atoms with Crippen molar-refractivity contribution in [3.8, 4) is 5.75 Å². The Morgan fingerprint density at radius 3 is 2.81 bits per heavy atom.